The molecule has 0 radical (unpaired) electrons. The molecule has 2 rings (SSSR count). The molecule has 0 saturated carbocycles. The van der Waals surface area contributed by atoms with Crippen molar-refractivity contribution >= 4 is 17.6 Å². The van der Waals surface area contributed by atoms with Crippen LogP contribution >= 0.6 is 0 Å². The fourth-order valence-electron chi connectivity index (χ4n) is 2.89. The van der Waals surface area contributed by atoms with Crippen LogP contribution in [0.4, 0.5) is 5.69 Å². The third-order valence-electron chi connectivity index (χ3n) is 4.03. The lowest BCUT2D eigenvalue weighted by Crippen LogP contribution is -2.48. The van der Waals surface area contributed by atoms with Gasteiger partial charge in [-0.05, 0) is 44.5 Å². The molecule has 4 N–H and O–H groups in total. The number of ether oxygens (including phenoxy) is 1. The summed E-state index contributed by atoms with van der Waals surface area (Å²) in [6.45, 7) is 9.66. The van der Waals surface area contributed by atoms with E-state index in [0.29, 0.717) is 24.3 Å². The second-order valence-electron chi connectivity index (χ2n) is 7.42. The maximum atomic E-state index is 11.9. The molecule has 1 amide bonds. The van der Waals surface area contributed by atoms with E-state index in [9.17, 15) is 9.59 Å². The molecule has 7 nitrogen and oxygen atoms in total. The summed E-state index contributed by atoms with van der Waals surface area (Å²) in [6, 6.07) is 5.15. The van der Waals surface area contributed by atoms with Gasteiger partial charge in [-0.25, -0.2) is 0 Å². The molecule has 0 spiro atoms. The summed E-state index contributed by atoms with van der Waals surface area (Å²) in [7, 11) is 0. The minimum Gasteiger partial charge on any atom is -0.459 e. The second-order valence-corrected chi connectivity index (χ2v) is 7.42. The van der Waals surface area contributed by atoms with Crippen LogP contribution in [0.5, 0.6) is 0 Å². The largest absolute Gasteiger partial charge is 0.459 e. The Morgan fingerprint density at radius 2 is 1.72 bits per heavy atom. The first-order chi connectivity index (χ1) is 11.6. The lowest BCUT2D eigenvalue weighted by atomic mass is 10.0. The molecule has 0 atom stereocenters. The summed E-state index contributed by atoms with van der Waals surface area (Å²) in [5.41, 5.74) is 12.8. The number of hydrogen-bond acceptors (Lipinski definition) is 6. The molecule has 1 aromatic carbocycles. The van der Waals surface area contributed by atoms with E-state index in [4.69, 9.17) is 16.2 Å². The van der Waals surface area contributed by atoms with Gasteiger partial charge >= 0.3 is 5.97 Å². The van der Waals surface area contributed by atoms with Gasteiger partial charge in [0.25, 0.3) is 0 Å². The average Bonchev–Trinajstić information content (AvgIpc) is 2.47. The van der Waals surface area contributed by atoms with E-state index in [1.54, 1.807) is 18.2 Å². The van der Waals surface area contributed by atoms with E-state index in [1.807, 2.05) is 20.8 Å². The molecular formula is C18H28N4O3. The first-order valence-corrected chi connectivity index (χ1v) is 8.49. The van der Waals surface area contributed by atoms with Crippen molar-refractivity contribution in [1.29, 1.82) is 0 Å². The quantitative estimate of drug-likeness (QED) is 0.603. The molecule has 138 valence electrons. The lowest BCUT2D eigenvalue weighted by Gasteiger charge is -2.34. The number of anilines is 1. The van der Waals surface area contributed by atoms with Gasteiger partial charge in [0.1, 0.15) is 5.60 Å². The van der Waals surface area contributed by atoms with Crippen LogP contribution in [0.25, 0.3) is 0 Å². The Kier molecular flexibility index (Phi) is 6.02. The predicted octanol–water partition coefficient (Wildman–Crippen LogP) is 0.827. The van der Waals surface area contributed by atoms with E-state index in [1.165, 1.54) is 0 Å². The number of carbonyl (C=O) groups is 2. The number of amides is 1. The standard InChI is InChI=1S/C18H28N4O3/c1-18(2,3)25-16(23)12-22-8-6-21(7-9-22)11-13-10-14(19)4-5-15(13)17(20)24/h4-5,10H,6-9,11-12,19H2,1-3H3,(H2,20,24). The Morgan fingerprint density at radius 3 is 2.28 bits per heavy atom. The van der Waals surface area contributed by atoms with Crippen LogP contribution in [0.3, 0.4) is 0 Å². The highest BCUT2D eigenvalue weighted by molar-refractivity contribution is 5.94. The summed E-state index contributed by atoms with van der Waals surface area (Å²) < 4.78 is 5.36. The summed E-state index contributed by atoms with van der Waals surface area (Å²) >= 11 is 0. The number of esters is 1. The minimum atomic E-state index is -0.461. The fourth-order valence-corrected chi connectivity index (χ4v) is 2.89. The van der Waals surface area contributed by atoms with E-state index >= 15 is 0 Å². The van der Waals surface area contributed by atoms with Crippen LogP contribution in [-0.2, 0) is 16.1 Å². The molecule has 1 aromatic rings. The van der Waals surface area contributed by atoms with Gasteiger partial charge in [-0.3, -0.25) is 19.4 Å². The van der Waals surface area contributed by atoms with Crippen molar-refractivity contribution in [3.63, 3.8) is 0 Å². The zero-order valence-corrected chi connectivity index (χ0v) is 15.2. The smallest absolute Gasteiger partial charge is 0.320 e. The van der Waals surface area contributed by atoms with Crippen LogP contribution in [0.2, 0.25) is 0 Å². The van der Waals surface area contributed by atoms with Crippen molar-refractivity contribution < 1.29 is 14.3 Å². The third kappa shape index (κ3) is 6.03. The van der Waals surface area contributed by atoms with Gasteiger partial charge in [0.05, 0.1) is 6.54 Å². The maximum Gasteiger partial charge on any atom is 0.320 e. The second kappa shape index (κ2) is 7.84. The van der Waals surface area contributed by atoms with Crippen molar-refractivity contribution in [3.05, 3.63) is 29.3 Å². The summed E-state index contributed by atoms with van der Waals surface area (Å²) in [6.07, 6.45) is 0. The molecule has 1 fully saturated rings. The van der Waals surface area contributed by atoms with E-state index in [2.05, 4.69) is 9.80 Å². The van der Waals surface area contributed by atoms with Crippen molar-refractivity contribution in [2.24, 2.45) is 5.73 Å². The molecule has 0 bridgehead atoms. The van der Waals surface area contributed by atoms with Crippen LogP contribution in [0, 0.1) is 0 Å². The Hall–Kier alpha value is -2.12. The van der Waals surface area contributed by atoms with Crippen LogP contribution in [0.1, 0.15) is 36.7 Å². The van der Waals surface area contributed by atoms with Crippen molar-refractivity contribution in [2.45, 2.75) is 32.9 Å². The monoisotopic (exact) mass is 348 g/mol. The molecule has 1 aliphatic heterocycles. The summed E-state index contributed by atoms with van der Waals surface area (Å²) in [5.74, 6) is -0.647. The number of nitrogens with two attached hydrogens (primary N) is 2. The average molecular weight is 348 g/mol. The van der Waals surface area contributed by atoms with Crippen molar-refractivity contribution in [2.75, 3.05) is 38.5 Å². The number of hydrogen-bond donors (Lipinski definition) is 2. The Bertz CT molecular complexity index is 632. The zero-order chi connectivity index (χ0) is 18.6. The topological polar surface area (TPSA) is 102 Å². The summed E-state index contributed by atoms with van der Waals surface area (Å²) in [4.78, 5) is 27.8. The molecule has 0 aliphatic carbocycles. The number of nitrogen functional groups attached to an aromatic ring is 1. The van der Waals surface area contributed by atoms with E-state index < -0.39 is 11.5 Å². The third-order valence-corrected chi connectivity index (χ3v) is 4.03. The molecule has 0 unspecified atom stereocenters. The number of benzene rings is 1. The van der Waals surface area contributed by atoms with Crippen LogP contribution < -0.4 is 11.5 Å². The van der Waals surface area contributed by atoms with Gasteiger partial charge in [-0.15, -0.1) is 0 Å². The van der Waals surface area contributed by atoms with Gasteiger partial charge in [0.15, 0.2) is 0 Å². The van der Waals surface area contributed by atoms with Crippen LogP contribution in [-0.4, -0.2) is 60.0 Å². The first kappa shape index (κ1) is 19.2. The van der Waals surface area contributed by atoms with Gasteiger partial charge in [-0.2, -0.15) is 0 Å². The van der Waals surface area contributed by atoms with Gasteiger partial charge < -0.3 is 16.2 Å². The highest BCUT2D eigenvalue weighted by Crippen LogP contribution is 2.17. The highest BCUT2D eigenvalue weighted by Gasteiger charge is 2.23. The predicted molar refractivity (Wildman–Crippen MR) is 96.9 cm³/mol. The lowest BCUT2D eigenvalue weighted by molar-refractivity contribution is -0.156. The maximum absolute atomic E-state index is 11.9. The molecule has 1 heterocycles. The number of carbonyl (C=O) groups excluding carboxylic acids is 2. The molecule has 1 aliphatic rings. The number of nitrogens with zero attached hydrogens (tertiary/aromatic N) is 2. The SMILES string of the molecule is CC(C)(C)OC(=O)CN1CCN(Cc2cc(N)ccc2C(N)=O)CC1. The highest BCUT2D eigenvalue weighted by atomic mass is 16.6. The van der Waals surface area contributed by atoms with Gasteiger partial charge in [-0.1, -0.05) is 0 Å². The summed E-state index contributed by atoms with van der Waals surface area (Å²) in [5, 5.41) is 0. The van der Waals surface area contributed by atoms with E-state index in [0.717, 1.165) is 31.7 Å². The van der Waals surface area contributed by atoms with Crippen molar-refractivity contribution in [3.8, 4) is 0 Å². The number of piperazine rings is 1. The Labute approximate surface area is 148 Å². The molecular weight excluding hydrogens is 320 g/mol. The van der Waals surface area contributed by atoms with Crippen LogP contribution in [0.15, 0.2) is 18.2 Å². The zero-order valence-electron chi connectivity index (χ0n) is 15.2. The van der Waals surface area contributed by atoms with Gasteiger partial charge in [0, 0.05) is 44.0 Å². The Balaban J connectivity index is 1.88. The molecule has 7 heteroatoms. The molecule has 1 saturated heterocycles. The fraction of sp³-hybridized carbons (Fsp3) is 0.556. The normalized spacial score (nSPS) is 16.6. The minimum absolute atomic E-state index is 0.201. The van der Waals surface area contributed by atoms with Crippen molar-refractivity contribution in [1.82, 2.24) is 9.80 Å². The number of rotatable bonds is 5. The first-order valence-electron chi connectivity index (χ1n) is 8.49. The van der Waals surface area contributed by atoms with E-state index in [-0.39, 0.29) is 5.97 Å². The molecule has 25 heavy (non-hydrogen) atoms. The van der Waals surface area contributed by atoms with Gasteiger partial charge in [0.2, 0.25) is 5.91 Å². The molecule has 0 aromatic heterocycles. The Morgan fingerprint density at radius 1 is 1.12 bits per heavy atom. The number of primary amides is 1.